The number of nitrogen functional groups attached to an aromatic ring is 1. The number of hydrogen-bond donors (Lipinski definition) is 3. The second-order valence-electron chi connectivity index (χ2n) is 11.2. The van der Waals surface area contributed by atoms with Gasteiger partial charge in [0.25, 0.3) is 0 Å². The quantitative estimate of drug-likeness (QED) is 0.133. The highest BCUT2D eigenvalue weighted by atomic mass is 19.4. The van der Waals surface area contributed by atoms with E-state index in [4.69, 9.17) is 15.2 Å². The monoisotopic (exact) mass is 721 g/mol. The molecule has 53 heavy (non-hydrogen) atoms. The van der Waals surface area contributed by atoms with Crippen molar-refractivity contribution in [2.24, 2.45) is 14.1 Å². The minimum Gasteiger partial charge on any atom is -0.439 e. The molecular formula is C36H30F3N11O3. The Morgan fingerprint density at radius 1 is 0.679 bits per heavy atom. The average molecular weight is 722 g/mol. The fourth-order valence-electron chi connectivity index (χ4n) is 4.71. The van der Waals surface area contributed by atoms with Crippen molar-refractivity contribution in [2.45, 2.75) is 6.18 Å². The van der Waals surface area contributed by atoms with Crippen LogP contribution in [0, 0.1) is 0 Å². The number of benzene rings is 3. The van der Waals surface area contributed by atoms with Gasteiger partial charge in [0, 0.05) is 78.9 Å². The smallest absolute Gasteiger partial charge is 0.416 e. The van der Waals surface area contributed by atoms with Gasteiger partial charge in [-0.25, -0.2) is 24.7 Å². The molecule has 0 aliphatic rings. The first-order chi connectivity index (χ1) is 25.5. The highest BCUT2D eigenvalue weighted by Gasteiger charge is 2.30. The molecule has 4 N–H and O–H groups in total. The van der Waals surface area contributed by atoms with Gasteiger partial charge in [0.2, 0.25) is 11.8 Å². The number of nitrogens with zero attached hydrogens (tertiary/aromatic N) is 8. The Labute approximate surface area is 300 Å². The van der Waals surface area contributed by atoms with E-state index in [1.54, 1.807) is 77.3 Å². The summed E-state index contributed by atoms with van der Waals surface area (Å²) in [6.07, 6.45) is 5.50. The largest absolute Gasteiger partial charge is 0.439 e. The fraction of sp³-hybridized carbons (Fsp3) is 0.0833. The number of nitrogens with one attached hydrogen (secondary N) is 2. The van der Waals surface area contributed by atoms with Crippen molar-refractivity contribution in [1.29, 1.82) is 0 Å². The Kier molecular flexibility index (Phi) is 10.5. The van der Waals surface area contributed by atoms with Crippen LogP contribution in [0.4, 0.5) is 35.0 Å². The Morgan fingerprint density at radius 2 is 1.21 bits per heavy atom. The van der Waals surface area contributed by atoms with Gasteiger partial charge >= 0.3 is 12.2 Å². The van der Waals surface area contributed by atoms with Crippen LogP contribution in [-0.4, -0.2) is 45.5 Å². The predicted octanol–water partition coefficient (Wildman–Crippen LogP) is 7.58. The number of nitrogens with two attached hydrogens (primary N) is 1. The summed E-state index contributed by atoms with van der Waals surface area (Å²) in [5.41, 5.74) is 9.30. The molecule has 0 spiro atoms. The molecule has 0 bridgehead atoms. The number of anilines is 3. The summed E-state index contributed by atoms with van der Waals surface area (Å²) < 4.78 is 52.8. The van der Waals surface area contributed by atoms with Crippen LogP contribution in [0.25, 0.3) is 22.5 Å². The number of carbonyl (C=O) groups excluding carboxylic acids is 1. The van der Waals surface area contributed by atoms with Gasteiger partial charge in [-0.3, -0.25) is 9.36 Å². The number of urea groups is 1. The van der Waals surface area contributed by atoms with Crippen molar-refractivity contribution in [2.75, 3.05) is 16.4 Å². The molecule has 268 valence electrons. The molecular weight excluding hydrogens is 691 g/mol. The first kappa shape index (κ1) is 35.5. The molecule has 0 aliphatic heterocycles. The van der Waals surface area contributed by atoms with E-state index in [1.807, 2.05) is 31.6 Å². The topological polar surface area (TPSA) is 173 Å². The van der Waals surface area contributed by atoms with E-state index < -0.39 is 17.8 Å². The number of halogens is 3. The lowest BCUT2D eigenvalue weighted by Crippen LogP contribution is -2.19. The molecule has 0 fully saturated rings. The highest BCUT2D eigenvalue weighted by Crippen LogP contribution is 2.30. The van der Waals surface area contributed by atoms with Crippen molar-refractivity contribution in [3.63, 3.8) is 0 Å². The molecule has 14 nitrogen and oxygen atoms in total. The maximum Gasteiger partial charge on any atom is 0.416 e. The van der Waals surface area contributed by atoms with Crippen LogP contribution in [0.1, 0.15) is 5.56 Å². The molecule has 2 amide bonds. The molecule has 17 heteroatoms. The third-order valence-corrected chi connectivity index (χ3v) is 7.15. The van der Waals surface area contributed by atoms with Crippen LogP contribution in [0.15, 0.2) is 122 Å². The minimum absolute atomic E-state index is 0.219. The van der Waals surface area contributed by atoms with Crippen molar-refractivity contribution in [3.8, 4) is 45.8 Å². The van der Waals surface area contributed by atoms with E-state index in [-0.39, 0.29) is 5.69 Å². The lowest BCUT2D eigenvalue weighted by Gasteiger charge is -2.11. The summed E-state index contributed by atoms with van der Waals surface area (Å²) in [6, 6.07) is 20.7. The van der Waals surface area contributed by atoms with E-state index in [1.165, 1.54) is 24.8 Å². The van der Waals surface area contributed by atoms with Crippen LogP contribution in [-0.2, 0) is 20.3 Å². The number of rotatable bonds is 8. The zero-order valence-electron chi connectivity index (χ0n) is 28.1. The normalized spacial score (nSPS) is 10.9. The van der Waals surface area contributed by atoms with Gasteiger partial charge in [-0.2, -0.15) is 23.4 Å². The van der Waals surface area contributed by atoms with Crippen molar-refractivity contribution in [1.82, 2.24) is 39.5 Å². The molecule has 4 heterocycles. The van der Waals surface area contributed by atoms with Gasteiger partial charge < -0.3 is 25.8 Å². The molecule has 0 aliphatic carbocycles. The zero-order chi connectivity index (χ0) is 37.4. The fourth-order valence-corrected chi connectivity index (χ4v) is 4.71. The van der Waals surface area contributed by atoms with Gasteiger partial charge in [0.15, 0.2) is 0 Å². The maximum atomic E-state index is 12.6. The standard InChI is InChI=1S/C22H17F3N6O2.C14H13N5O/c1-31-12-14(11-28-31)19-10-20(27-13-26-19)33-18-4-2-3-17(9-18)30-21(32)29-16-7-5-15(6-8-16)22(23,24)25;1-19-8-10(7-18-19)13-6-14(17-9-16-13)20-12-4-2-3-11(15)5-12/h2-13H,1H3,(H2,29,30,32);2-9H,15H2,1H3. The van der Waals surface area contributed by atoms with E-state index in [9.17, 15) is 18.0 Å². The van der Waals surface area contributed by atoms with Gasteiger partial charge in [-0.05, 0) is 48.5 Å². The van der Waals surface area contributed by atoms with Gasteiger partial charge in [-0.15, -0.1) is 0 Å². The van der Waals surface area contributed by atoms with Crippen LogP contribution in [0.3, 0.4) is 0 Å². The summed E-state index contributed by atoms with van der Waals surface area (Å²) in [4.78, 5) is 28.8. The molecule has 0 unspecified atom stereocenters. The molecule has 4 aromatic heterocycles. The zero-order valence-corrected chi connectivity index (χ0v) is 28.1. The second kappa shape index (κ2) is 15.7. The number of carbonyl (C=O) groups is 1. The molecule has 3 aromatic carbocycles. The van der Waals surface area contributed by atoms with E-state index in [0.29, 0.717) is 40.3 Å². The third-order valence-electron chi connectivity index (χ3n) is 7.15. The number of alkyl halides is 3. The van der Waals surface area contributed by atoms with Crippen molar-refractivity contribution in [3.05, 3.63) is 128 Å². The molecule has 0 radical (unpaired) electrons. The first-order valence-electron chi connectivity index (χ1n) is 15.7. The molecule has 7 rings (SSSR count). The number of aromatic nitrogens is 8. The number of hydrogen-bond acceptors (Lipinski definition) is 10. The summed E-state index contributed by atoms with van der Waals surface area (Å²) >= 11 is 0. The Hall–Kier alpha value is -7.30. The van der Waals surface area contributed by atoms with E-state index in [0.717, 1.165) is 29.0 Å². The molecule has 0 saturated carbocycles. The van der Waals surface area contributed by atoms with Crippen molar-refractivity contribution >= 4 is 23.1 Å². The SMILES string of the molecule is Cn1cc(-c2cc(Oc3cccc(N)c3)ncn2)cn1.Cn1cc(-c2cc(Oc3cccc(NC(=O)Nc4ccc(C(F)(F)F)cc4)c3)ncn2)cn1. The average Bonchev–Trinajstić information content (AvgIpc) is 3.77. The summed E-state index contributed by atoms with van der Waals surface area (Å²) in [5, 5.41) is 13.3. The number of aryl methyl sites for hydroxylation is 2. The van der Waals surface area contributed by atoms with Crippen LogP contribution in [0.2, 0.25) is 0 Å². The van der Waals surface area contributed by atoms with Crippen LogP contribution >= 0.6 is 0 Å². The van der Waals surface area contributed by atoms with E-state index >= 15 is 0 Å². The maximum absolute atomic E-state index is 12.6. The minimum atomic E-state index is -4.44. The van der Waals surface area contributed by atoms with Gasteiger partial charge in [-0.1, -0.05) is 12.1 Å². The van der Waals surface area contributed by atoms with Gasteiger partial charge in [0.05, 0.1) is 29.3 Å². The highest BCUT2D eigenvalue weighted by molar-refractivity contribution is 5.99. The predicted molar refractivity (Wildman–Crippen MR) is 190 cm³/mol. The van der Waals surface area contributed by atoms with Crippen molar-refractivity contribution < 1.29 is 27.4 Å². The summed E-state index contributed by atoms with van der Waals surface area (Å²) in [5.74, 6) is 1.82. The van der Waals surface area contributed by atoms with Crippen LogP contribution in [0.5, 0.6) is 23.3 Å². The lowest BCUT2D eigenvalue weighted by molar-refractivity contribution is -0.137. The Bertz CT molecular complexity index is 2330. The first-order valence-corrected chi connectivity index (χ1v) is 15.7. The second-order valence-corrected chi connectivity index (χ2v) is 11.2. The Morgan fingerprint density at radius 3 is 1.72 bits per heavy atom. The molecule has 0 atom stereocenters. The Balaban J connectivity index is 0.000000204. The van der Waals surface area contributed by atoms with E-state index in [2.05, 4.69) is 40.8 Å². The third kappa shape index (κ3) is 9.91. The van der Waals surface area contributed by atoms with Gasteiger partial charge in [0.1, 0.15) is 24.2 Å². The molecule has 0 saturated heterocycles. The summed E-state index contributed by atoms with van der Waals surface area (Å²) in [6.45, 7) is 0. The molecule has 7 aromatic rings. The summed E-state index contributed by atoms with van der Waals surface area (Å²) in [7, 11) is 3.66. The van der Waals surface area contributed by atoms with Crippen LogP contribution < -0.4 is 25.8 Å². The lowest BCUT2D eigenvalue weighted by atomic mass is 10.2. The number of amides is 2. The number of ether oxygens (including phenoxy) is 2.